The van der Waals surface area contributed by atoms with Gasteiger partial charge in [-0.1, -0.05) is 32.0 Å². The van der Waals surface area contributed by atoms with Crippen LogP contribution in [0.4, 0.5) is 5.82 Å². The SMILES string of the molecule is CCc1c(C2CC2C)nn(-c2ccccc2)c1N. The summed E-state index contributed by atoms with van der Waals surface area (Å²) in [5.74, 6) is 2.18. The lowest BCUT2D eigenvalue weighted by Crippen LogP contribution is -2.02. The number of benzene rings is 1. The summed E-state index contributed by atoms with van der Waals surface area (Å²) < 4.78 is 1.89. The highest BCUT2D eigenvalue weighted by Crippen LogP contribution is 2.48. The standard InChI is InChI=1S/C15H19N3/c1-3-12-14(13-9-10(13)2)17-18(15(12)16)11-7-5-4-6-8-11/h4-8,10,13H,3,9,16H2,1-2H3. The van der Waals surface area contributed by atoms with Crippen molar-refractivity contribution >= 4 is 5.82 Å². The third kappa shape index (κ3) is 1.70. The minimum absolute atomic E-state index is 0.618. The average Bonchev–Trinajstić information content (AvgIpc) is 3.02. The van der Waals surface area contributed by atoms with Gasteiger partial charge in [0.15, 0.2) is 0 Å². The molecule has 2 unspecified atom stereocenters. The molecule has 1 heterocycles. The highest BCUT2D eigenvalue weighted by Gasteiger charge is 2.38. The number of nitrogens with two attached hydrogens (primary N) is 1. The fourth-order valence-electron chi connectivity index (χ4n) is 2.61. The Kier molecular flexibility index (Phi) is 2.62. The van der Waals surface area contributed by atoms with E-state index in [0.717, 1.165) is 23.8 Å². The summed E-state index contributed by atoms with van der Waals surface area (Å²) in [6.45, 7) is 4.43. The molecule has 0 spiro atoms. The van der Waals surface area contributed by atoms with Crippen LogP contribution in [0, 0.1) is 5.92 Å². The summed E-state index contributed by atoms with van der Waals surface area (Å²) in [7, 11) is 0. The first-order valence-corrected chi connectivity index (χ1v) is 6.65. The van der Waals surface area contributed by atoms with Crippen LogP contribution in [0.1, 0.15) is 37.4 Å². The molecule has 0 bridgehead atoms. The molecule has 3 rings (SSSR count). The number of hydrogen-bond acceptors (Lipinski definition) is 2. The van der Waals surface area contributed by atoms with Crippen LogP contribution >= 0.6 is 0 Å². The van der Waals surface area contributed by atoms with Crippen molar-refractivity contribution < 1.29 is 0 Å². The number of aromatic nitrogens is 2. The molecule has 0 saturated heterocycles. The molecule has 0 amide bonds. The van der Waals surface area contributed by atoms with E-state index in [1.54, 1.807) is 0 Å². The Morgan fingerprint density at radius 1 is 1.33 bits per heavy atom. The molecule has 18 heavy (non-hydrogen) atoms. The molecule has 3 heteroatoms. The first kappa shape index (κ1) is 11.3. The Labute approximate surface area is 108 Å². The second-order valence-electron chi connectivity index (χ2n) is 5.17. The normalized spacial score (nSPS) is 22.1. The van der Waals surface area contributed by atoms with Gasteiger partial charge in [0.25, 0.3) is 0 Å². The number of nitrogens with zero attached hydrogens (tertiary/aromatic N) is 2. The summed E-state index contributed by atoms with van der Waals surface area (Å²) in [5, 5.41) is 4.75. The number of nitrogen functional groups attached to an aromatic ring is 1. The number of rotatable bonds is 3. The zero-order valence-electron chi connectivity index (χ0n) is 10.9. The van der Waals surface area contributed by atoms with Gasteiger partial charge in [-0.3, -0.25) is 0 Å². The number of hydrogen-bond donors (Lipinski definition) is 1. The third-order valence-corrected chi connectivity index (χ3v) is 3.87. The molecule has 1 aromatic heterocycles. The predicted octanol–water partition coefficient (Wildman–Crippen LogP) is 3.14. The summed E-state index contributed by atoms with van der Waals surface area (Å²) in [4.78, 5) is 0. The van der Waals surface area contributed by atoms with Gasteiger partial charge in [0.05, 0.1) is 11.4 Å². The van der Waals surface area contributed by atoms with Crippen LogP contribution in [0.5, 0.6) is 0 Å². The van der Waals surface area contributed by atoms with Gasteiger partial charge in [0.1, 0.15) is 5.82 Å². The summed E-state index contributed by atoms with van der Waals surface area (Å²) >= 11 is 0. The van der Waals surface area contributed by atoms with E-state index in [1.807, 2.05) is 35.0 Å². The van der Waals surface area contributed by atoms with Crippen molar-refractivity contribution in [3.05, 3.63) is 41.6 Å². The van der Waals surface area contributed by atoms with Crippen LogP contribution in [0.15, 0.2) is 30.3 Å². The second-order valence-corrected chi connectivity index (χ2v) is 5.17. The largest absolute Gasteiger partial charge is 0.383 e. The van der Waals surface area contributed by atoms with Crippen LogP contribution in [0.25, 0.3) is 5.69 Å². The Morgan fingerprint density at radius 2 is 2.00 bits per heavy atom. The van der Waals surface area contributed by atoms with E-state index in [-0.39, 0.29) is 0 Å². The topological polar surface area (TPSA) is 43.8 Å². The van der Waals surface area contributed by atoms with Crippen LogP contribution in [-0.4, -0.2) is 9.78 Å². The van der Waals surface area contributed by atoms with Gasteiger partial charge in [-0.2, -0.15) is 5.10 Å². The Bertz CT molecular complexity index is 557. The van der Waals surface area contributed by atoms with E-state index in [2.05, 4.69) is 13.8 Å². The molecule has 0 radical (unpaired) electrons. The van der Waals surface area contributed by atoms with Crippen molar-refractivity contribution in [2.45, 2.75) is 32.6 Å². The molecule has 2 aromatic rings. The zero-order chi connectivity index (χ0) is 12.7. The van der Waals surface area contributed by atoms with Gasteiger partial charge in [-0.05, 0) is 30.9 Å². The fourth-order valence-corrected chi connectivity index (χ4v) is 2.61. The van der Waals surface area contributed by atoms with E-state index in [0.29, 0.717) is 5.92 Å². The minimum atomic E-state index is 0.618. The van der Waals surface area contributed by atoms with Crippen molar-refractivity contribution in [2.75, 3.05) is 5.73 Å². The Balaban J connectivity index is 2.09. The molecule has 0 aliphatic heterocycles. The molecule has 1 aromatic carbocycles. The van der Waals surface area contributed by atoms with E-state index in [9.17, 15) is 0 Å². The molecule has 3 nitrogen and oxygen atoms in total. The lowest BCUT2D eigenvalue weighted by atomic mass is 10.1. The smallest absolute Gasteiger partial charge is 0.130 e. The van der Waals surface area contributed by atoms with Gasteiger partial charge in [-0.15, -0.1) is 0 Å². The van der Waals surface area contributed by atoms with E-state index in [4.69, 9.17) is 10.8 Å². The molecule has 1 fully saturated rings. The van der Waals surface area contributed by atoms with Crippen molar-refractivity contribution in [1.29, 1.82) is 0 Å². The lowest BCUT2D eigenvalue weighted by Gasteiger charge is -2.03. The molecule has 1 saturated carbocycles. The molecule has 94 valence electrons. The molecule has 1 aliphatic carbocycles. The van der Waals surface area contributed by atoms with Gasteiger partial charge in [0, 0.05) is 11.5 Å². The van der Waals surface area contributed by atoms with E-state index in [1.165, 1.54) is 17.7 Å². The van der Waals surface area contributed by atoms with Gasteiger partial charge in [-0.25, -0.2) is 4.68 Å². The first-order chi connectivity index (χ1) is 8.72. The highest BCUT2D eigenvalue weighted by atomic mass is 15.3. The Hall–Kier alpha value is -1.77. The third-order valence-electron chi connectivity index (χ3n) is 3.87. The second kappa shape index (κ2) is 4.16. The highest BCUT2D eigenvalue weighted by molar-refractivity contribution is 5.51. The van der Waals surface area contributed by atoms with Crippen molar-refractivity contribution in [2.24, 2.45) is 5.92 Å². The molecule has 2 N–H and O–H groups in total. The van der Waals surface area contributed by atoms with Crippen LogP contribution in [0.3, 0.4) is 0 Å². The number of para-hydroxylation sites is 1. The zero-order valence-corrected chi connectivity index (χ0v) is 10.9. The van der Waals surface area contributed by atoms with Gasteiger partial charge >= 0.3 is 0 Å². The van der Waals surface area contributed by atoms with Crippen LogP contribution in [0.2, 0.25) is 0 Å². The van der Waals surface area contributed by atoms with Gasteiger partial charge in [0.2, 0.25) is 0 Å². The lowest BCUT2D eigenvalue weighted by molar-refractivity contribution is 0.812. The summed E-state index contributed by atoms with van der Waals surface area (Å²) in [6, 6.07) is 10.1. The van der Waals surface area contributed by atoms with Crippen LogP contribution in [-0.2, 0) is 6.42 Å². The fraction of sp³-hybridized carbons (Fsp3) is 0.400. The van der Waals surface area contributed by atoms with Crippen molar-refractivity contribution in [1.82, 2.24) is 9.78 Å². The average molecular weight is 241 g/mol. The molecule has 1 aliphatic rings. The monoisotopic (exact) mass is 241 g/mol. The maximum atomic E-state index is 6.26. The molecule has 2 atom stereocenters. The quantitative estimate of drug-likeness (QED) is 0.897. The van der Waals surface area contributed by atoms with E-state index < -0.39 is 0 Å². The van der Waals surface area contributed by atoms with Crippen molar-refractivity contribution in [3.8, 4) is 5.69 Å². The number of anilines is 1. The summed E-state index contributed by atoms with van der Waals surface area (Å²) in [5.41, 5.74) is 9.75. The minimum Gasteiger partial charge on any atom is -0.383 e. The van der Waals surface area contributed by atoms with Crippen molar-refractivity contribution in [3.63, 3.8) is 0 Å². The summed E-state index contributed by atoms with van der Waals surface area (Å²) in [6.07, 6.45) is 2.20. The van der Waals surface area contributed by atoms with E-state index >= 15 is 0 Å². The maximum Gasteiger partial charge on any atom is 0.130 e. The van der Waals surface area contributed by atoms with Crippen LogP contribution < -0.4 is 5.73 Å². The molecular weight excluding hydrogens is 222 g/mol. The Morgan fingerprint density at radius 3 is 2.56 bits per heavy atom. The predicted molar refractivity (Wildman–Crippen MR) is 73.9 cm³/mol. The molecular formula is C15H19N3. The maximum absolute atomic E-state index is 6.26. The van der Waals surface area contributed by atoms with Gasteiger partial charge < -0.3 is 5.73 Å². The first-order valence-electron chi connectivity index (χ1n) is 6.65.